The van der Waals surface area contributed by atoms with Gasteiger partial charge in [0, 0.05) is 0 Å². The van der Waals surface area contributed by atoms with Gasteiger partial charge in [0.25, 0.3) is 0 Å². The molecular weight excluding hydrogens is 212 g/mol. The summed E-state index contributed by atoms with van der Waals surface area (Å²) in [6.07, 6.45) is 5.07. The predicted molar refractivity (Wildman–Crippen MR) is 75.9 cm³/mol. The molecule has 2 nitrogen and oxygen atoms in total. The lowest BCUT2D eigenvalue weighted by molar-refractivity contribution is 0.0591. The van der Waals surface area contributed by atoms with E-state index < -0.39 is 0 Å². The second-order valence-corrected chi connectivity index (χ2v) is 4.44. The van der Waals surface area contributed by atoms with E-state index in [1.54, 1.807) is 0 Å². The first-order chi connectivity index (χ1) is 8.03. The molecule has 0 aliphatic carbocycles. The number of ether oxygens (including phenoxy) is 2. The van der Waals surface area contributed by atoms with Gasteiger partial charge >= 0.3 is 0 Å². The zero-order valence-corrected chi connectivity index (χ0v) is 12.7. The summed E-state index contributed by atoms with van der Waals surface area (Å²) < 4.78 is 10.6. The van der Waals surface area contributed by atoms with Crippen molar-refractivity contribution in [1.82, 2.24) is 0 Å². The third-order valence-corrected chi connectivity index (χ3v) is 1.37. The van der Waals surface area contributed by atoms with E-state index in [9.17, 15) is 0 Å². The van der Waals surface area contributed by atoms with Gasteiger partial charge in [-0.3, -0.25) is 0 Å². The van der Waals surface area contributed by atoms with Gasteiger partial charge in [-0.2, -0.15) is 0 Å². The molecule has 0 aromatic heterocycles. The van der Waals surface area contributed by atoms with Crippen LogP contribution in [0.2, 0.25) is 0 Å². The lowest BCUT2D eigenvalue weighted by atomic mass is 10.3. The van der Waals surface area contributed by atoms with Crippen LogP contribution in [0.1, 0.15) is 54.9 Å². The van der Waals surface area contributed by atoms with Gasteiger partial charge in [0.05, 0.1) is 0 Å². The van der Waals surface area contributed by atoms with Crippen LogP contribution in [0.5, 0.6) is 0 Å². The molecule has 0 spiro atoms. The van der Waals surface area contributed by atoms with Crippen LogP contribution >= 0.6 is 0 Å². The predicted octanol–water partition coefficient (Wildman–Crippen LogP) is 4.92. The molecule has 0 amide bonds. The molecule has 1 rings (SSSR count). The number of hydrogen-bond donors (Lipinski definition) is 0. The Kier molecular flexibility index (Phi) is 14.3. The summed E-state index contributed by atoms with van der Waals surface area (Å²) >= 11 is 0. The van der Waals surface area contributed by atoms with Crippen molar-refractivity contribution in [2.45, 2.75) is 54.9 Å². The van der Waals surface area contributed by atoms with Gasteiger partial charge in [-0.1, -0.05) is 41.0 Å². The highest BCUT2D eigenvalue weighted by atomic mass is 16.6. The fraction of sp³-hybridized carbons (Fsp3) is 0.733. The van der Waals surface area contributed by atoms with E-state index in [-0.39, 0.29) is 0 Å². The summed E-state index contributed by atoms with van der Waals surface area (Å²) in [6.45, 7) is 16.0. The highest BCUT2D eigenvalue weighted by Crippen LogP contribution is 2.16. The zero-order chi connectivity index (χ0) is 13.7. The number of allylic oxidation sites excluding steroid dienone is 2. The molecule has 0 N–H and O–H groups in total. The summed E-state index contributed by atoms with van der Waals surface area (Å²) in [5, 5.41) is 0. The Morgan fingerprint density at radius 3 is 1.35 bits per heavy atom. The third-order valence-electron chi connectivity index (χ3n) is 1.37. The van der Waals surface area contributed by atoms with Gasteiger partial charge in [-0.15, -0.1) is 0 Å². The van der Waals surface area contributed by atoms with Gasteiger partial charge in [0.1, 0.15) is 13.2 Å². The molecule has 0 aromatic rings. The third kappa shape index (κ3) is 13.0. The molecule has 0 aromatic carbocycles. The lowest BCUT2D eigenvalue weighted by Crippen LogP contribution is -2.13. The summed E-state index contributed by atoms with van der Waals surface area (Å²) in [4.78, 5) is 0. The van der Waals surface area contributed by atoms with Crippen LogP contribution in [0, 0.1) is 5.92 Å². The maximum Gasteiger partial charge on any atom is 0.156 e. The molecule has 0 radical (unpaired) electrons. The number of rotatable bonds is 0. The Morgan fingerprint density at radius 2 is 1.18 bits per heavy atom. The fourth-order valence-electron chi connectivity index (χ4n) is 0.897. The van der Waals surface area contributed by atoms with Gasteiger partial charge in [0.15, 0.2) is 11.5 Å². The fourth-order valence-corrected chi connectivity index (χ4v) is 0.897. The second-order valence-electron chi connectivity index (χ2n) is 4.44. The molecule has 0 unspecified atom stereocenters. The first-order valence-electron chi connectivity index (χ1n) is 6.61. The molecule has 0 atom stereocenters. The summed E-state index contributed by atoms with van der Waals surface area (Å²) in [6, 6.07) is 0. The first kappa shape index (κ1) is 18.4. The summed E-state index contributed by atoms with van der Waals surface area (Å²) in [7, 11) is 0. The normalized spacial score (nSPS) is 18.6. The van der Waals surface area contributed by atoms with Gasteiger partial charge in [-0.05, 0) is 31.9 Å². The van der Waals surface area contributed by atoms with Crippen LogP contribution in [-0.4, -0.2) is 13.2 Å². The maximum absolute atomic E-state index is 5.30. The van der Waals surface area contributed by atoms with E-state index in [0.29, 0.717) is 13.2 Å². The molecule has 102 valence electrons. The Balaban J connectivity index is 0. The van der Waals surface area contributed by atoms with E-state index >= 15 is 0 Å². The molecular formula is C15H30O2. The topological polar surface area (TPSA) is 18.5 Å². The van der Waals surface area contributed by atoms with E-state index in [1.807, 2.05) is 26.0 Å². The van der Waals surface area contributed by atoms with Gasteiger partial charge in [0.2, 0.25) is 0 Å². The van der Waals surface area contributed by atoms with Crippen molar-refractivity contribution < 1.29 is 9.47 Å². The van der Waals surface area contributed by atoms with E-state index in [0.717, 1.165) is 17.4 Å². The minimum absolute atomic E-state index is 0.664. The van der Waals surface area contributed by atoms with Crippen molar-refractivity contribution in [3.63, 3.8) is 0 Å². The van der Waals surface area contributed by atoms with E-state index in [2.05, 4.69) is 34.6 Å². The quantitative estimate of drug-likeness (QED) is 0.600. The smallest absolute Gasteiger partial charge is 0.156 e. The largest absolute Gasteiger partial charge is 0.487 e. The standard InChI is InChI=1S/C8H12O2.C4H10.C3H8/c1-3-7-8(4-2)10-6-5-9-7;1-4(2)3;1-3-2/h3-4H,5-6H2,1-2H3;4H,1-3H3;3H2,1-2H3/b7-3+,8-4+;;. The zero-order valence-electron chi connectivity index (χ0n) is 12.7. The Hall–Kier alpha value is -0.920. The van der Waals surface area contributed by atoms with Crippen molar-refractivity contribution in [3.8, 4) is 0 Å². The summed E-state index contributed by atoms with van der Waals surface area (Å²) in [5.74, 6) is 2.54. The molecule has 17 heavy (non-hydrogen) atoms. The van der Waals surface area contributed by atoms with Crippen molar-refractivity contribution in [2.75, 3.05) is 13.2 Å². The minimum atomic E-state index is 0.664. The number of hydrogen-bond acceptors (Lipinski definition) is 2. The minimum Gasteiger partial charge on any atom is -0.487 e. The van der Waals surface area contributed by atoms with Crippen LogP contribution in [0.15, 0.2) is 23.7 Å². The van der Waals surface area contributed by atoms with Crippen LogP contribution in [0.4, 0.5) is 0 Å². The van der Waals surface area contributed by atoms with Crippen LogP contribution < -0.4 is 0 Å². The van der Waals surface area contributed by atoms with Crippen LogP contribution in [0.25, 0.3) is 0 Å². The average Bonchev–Trinajstić information content (AvgIpc) is 2.29. The Bertz CT molecular complexity index is 192. The van der Waals surface area contributed by atoms with Crippen molar-refractivity contribution >= 4 is 0 Å². The molecule has 1 saturated heterocycles. The lowest BCUT2D eigenvalue weighted by Gasteiger charge is -2.19. The van der Waals surface area contributed by atoms with Crippen molar-refractivity contribution in [3.05, 3.63) is 23.7 Å². The highest BCUT2D eigenvalue weighted by Gasteiger charge is 2.10. The molecule has 1 fully saturated rings. The molecule has 1 aliphatic rings. The second kappa shape index (κ2) is 13.1. The maximum atomic E-state index is 5.30. The van der Waals surface area contributed by atoms with Crippen LogP contribution in [-0.2, 0) is 9.47 Å². The molecule has 0 bridgehead atoms. The molecule has 2 heteroatoms. The molecule has 1 heterocycles. The Labute approximate surface area is 108 Å². The van der Waals surface area contributed by atoms with Crippen molar-refractivity contribution in [2.24, 2.45) is 5.92 Å². The monoisotopic (exact) mass is 242 g/mol. The average molecular weight is 242 g/mol. The van der Waals surface area contributed by atoms with Gasteiger partial charge in [-0.25, -0.2) is 0 Å². The van der Waals surface area contributed by atoms with Gasteiger partial charge < -0.3 is 9.47 Å². The SMILES string of the molecule is C/C=C1/OCCO/C1=C/C.CC(C)C.CCC. The Morgan fingerprint density at radius 1 is 0.941 bits per heavy atom. The molecule has 1 aliphatic heterocycles. The van der Waals surface area contributed by atoms with E-state index in [1.165, 1.54) is 6.42 Å². The van der Waals surface area contributed by atoms with Crippen molar-refractivity contribution in [1.29, 1.82) is 0 Å². The molecule has 0 saturated carbocycles. The first-order valence-corrected chi connectivity index (χ1v) is 6.61. The highest BCUT2D eigenvalue weighted by molar-refractivity contribution is 5.19. The van der Waals surface area contributed by atoms with Crippen LogP contribution in [0.3, 0.4) is 0 Å². The van der Waals surface area contributed by atoms with E-state index in [4.69, 9.17) is 9.47 Å². The summed E-state index contributed by atoms with van der Waals surface area (Å²) in [5.41, 5.74) is 0.